The Morgan fingerprint density at radius 1 is 1.50 bits per heavy atom. The molecule has 1 unspecified atom stereocenters. The van der Waals surface area contributed by atoms with Gasteiger partial charge in [0.15, 0.2) is 0 Å². The minimum Gasteiger partial charge on any atom is -0.369 e. The number of fused-ring (bicyclic) bond motifs is 1. The lowest BCUT2D eigenvalue weighted by atomic mass is 9.71. The SMILES string of the molecule is NC(=O)CN1CC2(COC2c2nc3ccccc3s2)C1. The quantitative estimate of drug-likeness (QED) is 0.920. The average molecular weight is 289 g/mol. The number of carbonyl (C=O) groups is 1. The molecule has 2 saturated heterocycles. The molecule has 4 rings (SSSR count). The van der Waals surface area contributed by atoms with Crippen molar-refractivity contribution in [3.05, 3.63) is 29.3 Å². The Bertz CT molecular complexity index is 645. The predicted octanol–water partition coefficient (Wildman–Crippen LogP) is 1.15. The van der Waals surface area contributed by atoms with Crippen LogP contribution >= 0.6 is 11.3 Å². The van der Waals surface area contributed by atoms with Crippen LogP contribution in [0.2, 0.25) is 0 Å². The molecule has 1 atom stereocenters. The number of amides is 1. The van der Waals surface area contributed by atoms with Crippen LogP contribution in [-0.2, 0) is 9.53 Å². The molecule has 20 heavy (non-hydrogen) atoms. The smallest absolute Gasteiger partial charge is 0.231 e. The predicted molar refractivity (Wildman–Crippen MR) is 76.4 cm³/mol. The van der Waals surface area contributed by atoms with E-state index in [9.17, 15) is 4.79 Å². The van der Waals surface area contributed by atoms with Crippen LogP contribution in [0.4, 0.5) is 0 Å². The van der Waals surface area contributed by atoms with E-state index in [1.165, 1.54) is 4.70 Å². The lowest BCUT2D eigenvalue weighted by Crippen LogP contribution is -2.67. The number of hydrogen-bond donors (Lipinski definition) is 1. The highest BCUT2D eigenvalue weighted by atomic mass is 32.1. The summed E-state index contributed by atoms with van der Waals surface area (Å²) in [5.41, 5.74) is 6.40. The van der Waals surface area contributed by atoms with Crippen molar-refractivity contribution >= 4 is 27.5 Å². The fourth-order valence-corrected chi connectivity index (χ4v) is 4.33. The monoisotopic (exact) mass is 289 g/mol. The van der Waals surface area contributed by atoms with Gasteiger partial charge in [0.25, 0.3) is 0 Å². The van der Waals surface area contributed by atoms with Crippen molar-refractivity contribution in [3.63, 3.8) is 0 Å². The zero-order valence-corrected chi connectivity index (χ0v) is 11.7. The maximum atomic E-state index is 10.9. The zero-order valence-electron chi connectivity index (χ0n) is 10.9. The summed E-state index contributed by atoms with van der Waals surface area (Å²) < 4.78 is 6.96. The Morgan fingerprint density at radius 3 is 2.95 bits per heavy atom. The molecule has 1 amide bonds. The minimum atomic E-state index is -0.267. The first-order valence-corrected chi connectivity index (χ1v) is 7.46. The number of hydrogen-bond acceptors (Lipinski definition) is 5. The van der Waals surface area contributed by atoms with Crippen LogP contribution in [0.15, 0.2) is 24.3 Å². The molecule has 2 aliphatic rings. The maximum Gasteiger partial charge on any atom is 0.231 e. The fourth-order valence-electron chi connectivity index (χ4n) is 3.17. The molecular formula is C14H15N3O2S. The molecule has 104 valence electrons. The van der Waals surface area contributed by atoms with Crippen LogP contribution in [0.25, 0.3) is 10.2 Å². The third kappa shape index (κ3) is 1.76. The Kier molecular flexibility index (Phi) is 2.60. The van der Waals surface area contributed by atoms with Gasteiger partial charge >= 0.3 is 0 Å². The molecule has 3 heterocycles. The van der Waals surface area contributed by atoms with Gasteiger partial charge in [-0.2, -0.15) is 0 Å². The highest BCUT2D eigenvalue weighted by Crippen LogP contribution is 2.53. The summed E-state index contributed by atoms with van der Waals surface area (Å²) in [5.74, 6) is -0.267. The van der Waals surface area contributed by atoms with Crippen molar-refractivity contribution in [2.24, 2.45) is 11.1 Å². The van der Waals surface area contributed by atoms with Crippen LogP contribution < -0.4 is 5.73 Å². The van der Waals surface area contributed by atoms with E-state index in [1.807, 2.05) is 18.2 Å². The van der Waals surface area contributed by atoms with Gasteiger partial charge in [-0.15, -0.1) is 11.3 Å². The highest BCUT2D eigenvalue weighted by Gasteiger charge is 2.58. The summed E-state index contributed by atoms with van der Waals surface area (Å²) in [4.78, 5) is 17.7. The molecule has 2 fully saturated rings. The second kappa shape index (κ2) is 4.25. The first kappa shape index (κ1) is 12.3. The molecule has 1 spiro atoms. The minimum absolute atomic E-state index is 0.0732. The van der Waals surface area contributed by atoms with Crippen LogP contribution in [0, 0.1) is 5.41 Å². The maximum absolute atomic E-state index is 10.9. The number of thiazole rings is 1. The van der Waals surface area contributed by atoms with Crippen LogP contribution in [0.5, 0.6) is 0 Å². The van der Waals surface area contributed by atoms with Gasteiger partial charge in [0, 0.05) is 13.1 Å². The van der Waals surface area contributed by atoms with E-state index < -0.39 is 0 Å². The van der Waals surface area contributed by atoms with E-state index in [2.05, 4.69) is 16.0 Å². The molecule has 2 aromatic rings. The molecule has 2 aliphatic heterocycles. The molecule has 1 aromatic heterocycles. The number of likely N-dealkylation sites (tertiary alicyclic amines) is 1. The van der Waals surface area contributed by atoms with Gasteiger partial charge < -0.3 is 10.5 Å². The molecule has 0 bridgehead atoms. The van der Waals surface area contributed by atoms with Crippen molar-refractivity contribution in [2.75, 3.05) is 26.2 Å². The molecular weight excluding hydrogens is 274 g/mol. The molecule has 2 N–H and O–H groups in total. The topological polar surface area (TPSA) is 68.5 Å². The van der Waals surface area contributed by atoms with Crippen LogP contribution in [0.1, 0.15) is 11.1 Å². The van der Waals surface area contributed by atoms with E-state index in [4.69, 9.17) is 10.5 Å². The third-order valence-corrected chi connectivity index (χ3v) is 5.16. The van der Waals surface area contributed by atoms with Gasteiger partial charge in [-0.1, -0.05) is 12.1 Å². The summed E-state index contributed by atoms with van der Waals surface area (Å²) in [5, 5.41) is 1.05. The number of benzene rings is 1. The summed E-state index contributed by atoms with van der Waals surface area (Å²) in [7, 11) is 0. The van der Waals surface area contributed by atoms with Crippen molar-refractivity contribution in [1.82, 2.24) is 9.88 Å². The van der Waals surface area contributed by atoms with Gasteiger partial charge in [-0.25, -0.2) is 4.98 Å². The first-order valence-electron chi connectivity index (χ1n) is 6.64. The van der Waals surface area contributed by atoms with E-state index in [0.29, 0.717) is 6.54 Å². The largest absolute Gasteiger partial charge is 0.369 e. The van der Waals surface area contributed by atoms with Gasteiger partial charge in [-0.05, 0) is 12.1 Å². The normalized spacial score (nSPS) is 24.5. The second-order valence-electron chi connectivity index (χ2n) is 5.68. The number of nitrogens with zero attached hydrogens (tertiary/aromatic N) is 2. The molecule has 1 aromatic carbocycles. The van der Waals surface area contributed by atoms with Gasteiger partial charge in [0.05, 0.1) is 28.8 Å². The van der Waals surface area contributed by atoms with Crippen LogP contribution in [0.3, 0.4) is 0 Å². The number of para-hydroxylation sites is 1. The number of carbonyl (C=O) groups excluding carboxylic acids is 1. The highest BCUT2D eigenvalue weighted by molar-refractivity contribution is 7.18. The van der Waals surface area contributed by atoms with E-state index in [1.54, 1.807) is 11.3 Å². The number of rotatable bonds is 3. The molecule has 0 aliphatic carbocycles. The average Bonchev–Trinajstić information content (AvgIpc) is 2.73. The van der Waals surface area contributed by atoms with E-state index in [0.717, 1.165) is 30.2 Å². The van der Waals surface area contributed by atoms with Gasteiger partial charge in [0.1, 0.15) is 11.1 Å². The lowest BCUT2D eigenvalue weighted by Gasteiger charge is -2.59. The number of primary amides is 1. The third-order valence-electron chi connectivity index (χ3n) is 4.08. The summed E-state index contributed by atoms with van der Waals surface area (Å²) in [6, 6.07) is 8.14. The lowest BCUT2D eigenvalue weighted by molar-refractivity contribution is -0.250. The molecule has 0 saturated carbocycles. The van der Waals surface area contributed by atoms with E-state index in [-0.39, 0.29) is 17.4 Å². The Labute approximate surface area is 120 Å². The Balaban J connectivity index is 1.54. The Morgan fingerprint density at radius 2 is 2.30 bits per heavy atom. The van der Waals surface area contributed by atoms with Crippen molar-refractivity contribution in [2.45, 2.75) is 6.10 Å². The van der Waals surface area contributed by atoms with Crippen molar-refractivity contribution in [3.8, 4) is 0 Å². The number of nitrogens with two attached hydrogens (primary N) is 1. The number of ether oxygens (including phenoxy) is 1. The first-order chi connectivity index (χ1) is 9.66. The standard InChI is InChI=1S/C14H15N3O2S/c15-11(18)5-17-6-14(7-17)8-19-12(14)13-16-9-3-1-2-4-10(9)20-13/h1-4,12H,5-8H2,(H2,15,18). The van der Waals surface area contributed by atoms with Crippen molar-refractivity contribution < 1.29 is 9.53 Å². The van der Waals surface area contributed by atoms with E-state index >= 15 is 0 Å². The number of aromatic nitrogens is 1. The molecule has 6 heteroatoms. The van der Waals surface area contributed by atoms with Gasteiger partial charge in [-0.3, -0.25) is 9.69 Å². The summed E-state index contributed by atoms with van der Waals surface area (Å²) in [6.07, 6.45) is 0.0732. The Hall–Kier alpha value is -1.50. The zero-order chi connectivity index (χ0) is 13.7. The second-order valence-corrected chi connectivity index (χ2v) is 6.75. The fraction of sp³-hybridized carbons (Fsp3) is 0.429. The molecule has 0 radical (unpaired) electrons. The molecule has 5 nitrogen and oxygen atoms in total. The summed E-state index contributed by atoms with van der Waals surface area (Å²) >= 11 is 1.70. The van der Waals surface area contributed by atoms with Crippen LogP contribution in [-0.4, -0.2) is 42.0 Å². The summed E-state index contributed by atoms with van der Waals surface area (Å²) in [6.45, 7) is 2.84. The van der Waals surface area contributed by atoms with Crippen molar-refractivity contribution in [1.29, 1.82) is 0 Å². The van der Waals surface area contributed by atoms with Gasteiger partial charge in [0.2, 0.25) is 5.91 Å².